The van der Waals surface area contributed by atoms with E-state index in [1.165, 1.54) is 0 Å². The van der Waals surface area contributed by atoms with E-state index in [2.05, 4.69) is 34.6 Å². The minimum Gasteiger partial charge on any atom is -0.323 e. The first kappa shape index (κ1) is 12.2. The predicted molar refractivity (Wildman–Crippen MR) is 57.7 cm³/mol. The van der Waals surface area contributed by atoms with Crippen molar-refractivity contribution in [1.29, 1.82) is 0 Å². The Hall–Kier alpha value is 0.230. The zero-order valence-corrected chi connectivity index (χ0v) is 10.1. The van der Waals surface area contributed by atoms with Crippen molar-refractivity contribution in [2.75, 3.05) is 12.3 Å². The van der Waals surface area contributed by atoms with Gasteiger partial charge in [-0.1, -0.05) is 34.6 Å². The summed E-state index contributed by atoms with van der Waals surface area (Å²) in [7, 11) is -1.90. The normalized spacial score (nSPS) is 13.4. The first-order valence-corrected chi connectivity index (χ1v) is 7.03. The molecule has 0 fully saturated rings. The average molecular weight is 190 g/mol. The zero-order valence-electron chi connectivity index (χ0n) is 9.18. The molecule has 0 saturated carbocycles. The fourth-order valence-electron chi connectivity index (χ4n) is 1.51. The molecule has 0 aromatic carbocycles. The van der Waals surface area contributed by atoms with Gasteiger partial charge in [-0.05, 0) is 12.8 Å². The summed E-state index contributed by atoms with van der Waals surface area (Å²) in [6, 6.07) is 0. The van der Waals surface area contributed by atoms with Crippen molar-refractivity contribution < 1.29 is 4.57 Å². The molecule has 0 unspecified atom stereocenters. The van der Waals surface area contributed by atoms with E-state index in [4.69, 9.17) is 0 Å². The summed E-state index contributed by atoms with van der Waals surface area (Å²) in [5.74, 6) is 0. The predicted octanol–water partition coefficient (Wildman–Crippen LogP) is 3.97. The molecule has 1 nitrogen and oxygen atoms in total. The summed E-state index contributed by atoms with van der Waals surface area (Å²) in [6.07, 6.45) is 3.94. The van der Waals surface area contributed by atoms with Crippen molar-refractivity contribution >= 4 is 7.14 Å². The van der Waals surface area contributed by atoms with Gasteiger partial charge in [0.15, 0.2) is 0 Å². The third kappa shape index (κ3) is 2.94. The van der Waals surface area contributed by atoms with Crippen LogP contribution in [0.1, 0.15) is 47.5 Å². The van der Waals surface area contributed by atoms with Gasteiger partial charge in [0.1, 0.15) is 0 Å². The topological polar surface area (TPSA) is 17.1 Å². The molecule has 0 aliphatic rings. The lowest BCUT2D eigenvalue weighted by molar-refractivity contribution is 0.545. The molecule has 0 radical (unpaired) electrons. The summed E-state index contributed by atoms with van der Waals surface area (Å²) < 4.78 is 12.4. The van der Waals surface area contributed by atoms with Crippen LogP contribution in [0, 0.1) is 0 Å². The Morgan fingerprint density at radius 2 is 1.33 bits per heavy atom. The molecule has 0 amide bonds. The lowest BCUT2D eigenvalue weighted by Crippen LogP contribution is -2.19. The van der Waals surface area contributed by atoms with Crippen LogP contribution < -0.4 is 0 Å². The van der Waals surface area contributed by atoms with E-state index in [0.717, 1.165) is 25.2 Å². The summed E-state index contributed by atoms with van der Waals surface area (Å²) >= 11 is 0. The maximum atomic E-state index is 12.4. The minimum atomic E-state index is -1.90. The highest BCUT2D eigenvalue weighted by Crippen LogP contribution is 2.58. The fraction of sp³-hybridized carbons (Fsp3) is 1.00. The second-order valence-corrected chi connectivity index (χ2v) is 8.52. The van der Waals surface area contributed by atoms with Gasteiger partial charge in [0.25, 0.3) is 0 Å². The second-order valence-electron chi connectivity index (χ2n) is 4.51. The van der Waals surface area contributed by atoms with Gasteiger partial charge in [0.05, 0.1) is 7.14 Å². The molecule has 12 heavy (non-hydrogen) atoms. The van der Waals surface area contributed by atoms with E-state index in [1.54, 1.807) is 0 Å². The van der Waals surface area contributed by atoms with Crippen LogP contribution in [0.5, 0.6) is 0 Å². The smallest absolute Gasteiger partial charge is 0.0927 e. The lowest BCUT2D eigenvalue weighted by Gasteiger charge is -2.31. The lowest BCUT2D eigenvalue weighted by atomic mass is 10.3. The Morgan fingerprint density at radius 3 is 1.50 bits per heavy atom. The third-order valence-corrected chi connectivity index (χ3v) is 7.18. The van der Waals surface area contributed by atoms with Crippen LogP contribution in [0.3, 0.4) is 0 Å². The number of hydrogen-bond acceptors (Lipinski definition) is 1. The Balaban J connectivity index is 4.51. The SMILES string of the molecule is CCCP(=O)(CCC)C(C)(C)C. The maximum absolute atomic E-state index is 12.4. The molecule has 0 aliphatic heterocycles. The molecular formula is C10H23OP. The Kier molecular flexibility index (Phi) is 4.55. The van der Waals surface area contributed by atoms with Gasteiger partial charge in [-0.2, -0.15) is 0 Å². The molecular weight excluding hydrogens is 167 g/mol. The van der Waals surface area contributed by atoms with E-state index in [0.29, 0.717) is 0 Å². The molecule has 0 bridgehead atoms. The molecule has 0 aromatic heterocycles. The molecule has 0 atom stereocenters. The molecule has 0 rings (SSSR count). The third-order valence-electron chi connectivity index (χ3n) is 2.39. The largest absolute Gasteiger partial charge is 0.323 e. The Labute approximate surface area is 77.3 Å². The van der Waals surface area contributed by atoms with E-state index >= 15 is 0 Å². The fourth-order valence-corrected chi connectivity index (χ4v) is 4.52. The highest BCUT2D eigenvalue weighted by Gasteiger charge is 2.33. The van der Waals surface area contributed by atoms with Crippen LogP contribution in [0.25, 0.3) is 0 Å². The molecule has 0 N–H and O–H groups in total. The molecule has 0 spiro atoms. The van der Waals surface area contributed by atoms with Crippen molar-refractivity contribution in [3.63, 3.8) is 0 Å². The average Bonchev–Trinajstić information content (AvgIpc) is 1.86. The van der Waals surface area contributed by atoms with Crippen LogP contribution in [-0.2, 0) is 4.57 Å². The molecule has 0 heterocycles. The first-order chi connectivity index (χ1) is 5.37. The van der Waals surface area contributed by atoms with E-state index < -0.39 is 7.14 Å². The van der Waals surface area contributed by atoms with Gasteiger partial charge in [-0.15, -0.1) is 0 Å². The molecule has 74 valence electrons. The van der Waals surface area contributed by atoms with Crippen LogP contribution in [0.4, 0.5) is 0 Å². The van der Waals surface area contributed by atoms with E-state index in [9.17, 15) is 4.57 Å². The van der Waals surface area contributed by atoms with Crippen LogP contribution in [0.2, 0.25) is 0 Å². The van der Waals surface area contributed by atoms with Crippen LogP contribution >= 0.6 is 7.14 Å². The van der Waals surface area contributed by atoms with Crippen molar-refractivity contribution in [3.8, 4) is 0 Å². The van der Waals surface area contributed by atoms with Gasteiger partial charge in [0.2, 0.25) is 0 Å². The van der Waals surface area contributed by atoms with Crippen molar-refractivity contribution in [1.82, 2.24) is 0 Å². The van der Waals surface area contributed by atoms with E-state index in [-0.39, 0.29) is 5.16 Å². The standard InChI is InChI=1S/C10H23OP/c1-6-8-12(11,9-7-2)10(3,4)5/h6-9H2,1-5H3. The van der Waals surface area contributed by atoms with Crippen molar-refractivity contribution in [2.45, 2.75) is 52.6 Å². The Bertz CT molecular complexity index is 157. The summed E-state index contributed by atoms with van der Waals surface area (Å²) in [6.45, 7) is 10.6. The zero-order chi connectivity index (χ0) is 9.83. The summed E-state index contributed by atoms with van der Waals surface area (Å²) in [4.78, 5) is 0. The maximum Gasteiger partial charge on any atom is 0.0927 e. The van der Waals surface area contributed by atoms with Gasteiger partial charge < -0.3 is 4.57 Å². The van der Waals surface area contributed by atoms with Gasteiger partial charge in [-0.3, -0.25) is 0 Å². The van der Waals surface area contributed by atoms with Gasteiger partial charge >= 0.3 is 0 Å². The van der Waals surface area contributed by atoms with Crippen LogP contribution in [-0.4, -0.2) is 17.5 Å². The van der Waals surface area contributed by atoms with Gasteiger partial charge in [-0.25, -0.2) is 0 Å². The molecule has 0 saturated heterocycles. The molecule has 0 aliphatic carbocycles. The molecule has 0 aromatic rings. The number of rotatable bonds is 4. The van der Waals surface area contributed by atoms with Crippen molar-refractivity contribution in [3.05, 3.63) is 0 Å². The van der Waals surface area contributed by atoms with Gasteiger partial charge in [0, 0.05) is 17.5 Å². The highest BCUT2D eigenvalue weighted by atomic mass is 31.2. The minimum absolute atomic E-state index is 0.0129. The monoisotopic (exact) mass is 190 g/mol. The van der Waals surface area contributed by atoms with E-state index in [1.807, 2.05) is 0 Å². The first-order valence-electron chi connectivity index (χ1n) is 4.95. The Morgan fingerprint density at radius 1 is 1.00 bits per heavy atom. The summed E-state index contributed by atoms with van der Waals surface area (Å²) in [5, 5.41) is 0.0129. The molecule has 2 heteroatoms. The quantitative estimate of drug-likeness (QED) is 0.613. The number of hydrogen-bond donors (Lipinski definition) is 0. The highest BCUT2D eigenvalue weighted by molar-refractivity contribution is 7.65. The second kappa shape index (κ2) is 4.46. The van der Waals surface area contributed by atoms with Crippen molar-refractivity contribution in [2.24, 2.45) is 0 Å². The van der Waals surface area contributed by atoms with Crippen LogP contribution in [0.15, 0.2) is 0 Å². The summed E-state index contributed by atoms with van der Waals surface area (Å²) in [5.41, 5.74) is 0.